The van der Waals surface area contributed by atoms with Crippen LogP contribution in [0, 0.1) is 5.82 Å². The van der Waals surface area contributed by atoms with Crippen molar-refractivity contribution in [2.24, 2.45) is 0 Å². The Labute approximate surface area is 156 Å². The molecule has 1 aromatic carbocycles. The van der Waals surface area contributed by atoms with Gasteiger partial charge >= 0.3 is 10.2 Å². The topological polar surface area (TPSA) is 119 Å². The van der Waals surface area contributed by atoms with Crippen molar-refractivity contribution in [3.05, 3.63) is 23.5 Å². The number of carbonyl (C=O) groups is 2. The van der Waals surface area contributed by atoms with E-state index in [1.807, 2.05) is 0 Å². The second kappa shape index (κ2) is 7.31. The summed E-state index contributed by atoms with van der Waals surface area (Å²) in [4.78, 5) is 24.5. The van der Waals surface area contributed by atoms with Gasteiger partial charge in [-0.25, -0.2) is 13.4 Å². The van der Waals surface area contributed by atoms with Gasteiger partial charge in [-0.1, -0.05) is 0 Å². The third-order valence-corrected chi connectivity index (χ3v) is 6.01. The van der Waals surface area contributed by atoms with E-state index < -0.39 is 39.9 Å². The molecule has 2 fully saturated rings. The molecule has 27 heavy (non-hydrogen) atoms. The molecule has 0 bridgehead atoms. The fraction of sp³-hybridized carbons (Fsp3) is 0.500. The van der Waals surface area contributed by atoms with E-state index in [0.717, 1.165) is 18.9 Å². The van der Waals surface area contributed by atoms with Crippen molar-refractivity contribution in [3.63, 3.8) is 0 Å². The van der Waals surface area contributed by atoms with E-state index >= 15 is 0 Å². The summed E-state index contributed by atoms with van der Waals surface area (Å²) in [5.74, 6) is -2.31. The average Bonchev–Trinajstić information content (AvgIpc) is 2.85. The number of likely N-dealkylation sites (tertiary alicyclic amines) is 1. The minimum absolute atomic E-state index is 0.00419. The van der Waals surface area contributed by atoms with Crippen LogP contribution in [0.2, 0.25) is 0 Å². The number of piperidine rings is 1. The van der Waals surface area contributed by atoms with Crippen LogP contribution in [0.4, 0.5) is 10.1 Å². The molecule has 2 amide bonds. The van der Waals surface area contributed by atoms with Crippen molar-refractivity contribution in [2.45, 2.75) is 32.4 Å². The standard InChI is InChI=1S/C16H21FN4O5S/c1-10(22)20-4-2-3-12(8-20)18-7-11-5-13(17)16(14(23)6-11)21-9-15(24)19-27(21,25)26/h5-6,12,18,23H,2-4,7-9H2,1H3,(H,19,24)/t12-/m1/s1. The van der Waals surface area contributed by atoms with E-state index in [2.05, 4.69) is 5.32 Å². The number of rotatable bonds is 4. The van der Waals surface area contributed by atoms with Crippen LogP contribution in [0.3, 0.4) is 0 Å². The number of benzene rings is 1. The van der Waals surface area contributed by atoms with Gasteiger partial charge in [-0.15, -0.1) is 0 Å². The summed E-state index contributed by atoms with van der Waals surface area (Å²) in [6.45, 7) is 2.44. The number of phenolic OH excluding ortho intramolecular Hbond substituents is 1. The lowest BCUT2D eigenvalue weighted by Crippen LogP contribution is -2.47. The van der Waals surface area contributed by atoms with Gasteiger partial charge in [0, 0.05) is 32.6 Å². The molecule has 0 saturated carbocycles. The van der Waals surface area contributed by atoms with Gasteiger partial charge in [0.25, 0.3) is 5.91 Å². The zero-order valence-electron chi connectivity index (χ0n) is 14.7. The van der Waals surface area contributed by atoms with Crippen molar-refractivity contribution in [2.75, 3.05) is 23.9 Å². The molecule has 2 aliphatic rings. The monoisotopic (exact) mass is 400 g/mol. The third-order valence-electron chi connectivity index (χ3n) is 4.63. The zero-order chi connectivity index (χ0) is 19.8. The van der Waals surface area contributed by atoms with Crippen LogP contribution in [0.5, 0.6) is 5.75 Å². The summed E-state index contributed by atoms with van der Waals surface area (Å²) in [5.41, 5.74) is -0.137. The maximum Gasteiger partial charge on any atom is 0.326 e. The molecule has 3 rings (SSSR count). The van der Waals surface area contributed by atoms with Crippen LogP contribution in [-0.4, -0.2) is 55.9 Å². The maximum absolute atomic E-state index is 14.5. The lowest BCUT2D eigenvalue weighted by Gasteiger charge is -2.32. The number of hydrogen-bond acceptors (Lipinski definition) is 6. The van der Waals surface area contributed by atoms with Crippen LogP contribution in [0.25, 0.3) is 0 Å². The largest absolute Gasteiger partial charge is 0.506 e. The SMILES string of the molecule is CC(=O)N1CCC[C@@H](NCc2cc(O)c(N3CC(=O)NS3(=O)=O)c(F)c2)C1. The Hall–Kier alpha value is -2.40. The average molecular weight is 400 g/mol. The fourth-order valence-corrected chi connectivity index (χ4v) is 4.50. The Balaban J connectivity index is 1.72. The van der Waals surface area contributed by atoms with Gasteiger partial charge in [-0.05, 0) is 30.5 Å². The predicted octanol–water partition coefficient (Wildman–Crippen LogP) is -0.187. The summed E-state index contributed by atoms with van der Waals surface area (Å²) >= 11 is 0. The Morgan fingerprint density at radius 1 is 1.44 bits per heavy atom. The molecule has 11 heteroatoms. The summed E-state index contributed by atoms with van der Waals surface area (Å²) in [6, 6.07) is 2.43. The van der Waals surface area contributed by atoms with Crippen molar-refractivity contribution in [1.82, 2.24) is 14.9 Å². The van der Waals surface area contributed by atoms with Crippen LogP contribution in [-0.2, 0) is 26.3 Å². The van der Waals surface area contributed by atoms with E-state index in [-0.39, 0.29) is 18.5 Å². The Morgan fingerprint density at radius 3 is 2.78 bits per heavy atom. The van der Waals surface area contributed by atoms with E-state index in [9.17, 15) is 27.5 Å². The second-order valence-electron chi connectivity index (χ2n) is 6.67. The first-order chi connectivity index (χ1) is 12.7. The minimum atomic E-state index is -4.21. The lowest BCUT2D eigenvalue weighted by molar-refractivity contribution is -0.130. The summed E-state index contributed by atoms with van der Waals surface area (Å²) in [6.07, 6.45) is 1.74. The lowest BCUT2D eigenvalue weighted by atomic mass is 10.0. The van der Waals surface area contributed by atoms with Crippen LogP contribution >= 0.6 is 0 Å². The fourth-order valence-electron chi connectivity index (χ4n) is 3.33. The molecule has 2 saturated heterocycles. The van der Waals surface area contributed by atoms with E-state index in [1.54, 1.807) is 9.62 Å². The molecule has 0 aromatic heterocycles. The number of carbonyl (C=O) groups excluding carboxylic acids is 2. The third kappa shape index (κ3) is 4.14. The molecule has 0 radical (unpaired) electrons. The first-order valence-electron chi connectivity index (χ1n) is 8.51. The number of halogens is 1. The van der Waals surface area contributed by atoms with Gasteiger partial charge in [0.2, 0.25) is 5.91 Å². The zero-order valence-corrected chi connectivity index (χ0v) is 15.6. The van der Waals surface area contributed by atoms with Crippen molar-refractivity contribution in [3.8, 4) is 5.75 Å². The van der Waals surface area contributed by atoms with E-state index in [4.69, 9.17) is 0 Å². The molecule has 1 aromatic rings. The molecule has 0 unspecified atom stereocenters. The highest BCUT2D eigenvalue weighted by Gasteiger charge is 2.37. The minimum Gasteiger partial charge on any atom is -0.506 e. The quantitative estimate of drug-likeness (QED) is 0.645. The van der Waals surface area contributed by atoms with Gasteiger partial charge in [-0.3, -0.25) is 9.59 Å². The molecule has 3 N–H and O–H groups in total. The molecular weight excluding hydrogens is 379 g/mol. The van der Waals surface area contributed by atoms with Crippen LogP contribution in [0.1, 0.15) is 25.3 Å². The van der Waals surface area contributed by atoms with Gasteiger partial charge in [0.05, 0.1) is 0 Å². The van der Waals surface area contributed by atoms with Gasteiger partial charge in [-0.2, -0.15) is 8.42 Å². The van der Waals surface area contributed by atoms with Crippen molar-refractivity contribution < 1.29 is 27.5 Å². The van der Waals surface area contributed by atoms with Gasteiger partial charge in [0.1, 0.15) is 18.0 Å². The number of hydrogen-bond donors (Lipinski definition) is 3. The highest BCUT2D eigenvalue weighted by atomic mass is 32.2. The van der Waals surface area contributed by atoms with E-state index in [1.165, 1.54) is 13.0 Å². The van der Waals surface area contributed by atoms with Crippen molar-refractivity contribution >= 4 is 27.7 Å². The highest BCUT2D eigenvalue weighted by molar-refractivity contribution is 7.92. The number of nitrogens with zero attached hydrogens (tertiary/aromatic N) is 2. The number of anilines is 1. The number of nitrogens with one attached hydrogen (secondary N) is 2. The molecule has 148 valence electrons. The molecule has 0 spiro atoms. The highest BCUT2D eigenvalue weighted by Crippen LogP contribution is 2.34. The first kappa shape index (κ1) is 19.4. The molecule has 0 aliphatic carbocycles. The second-order valence-corrected chi connectivity index (χ2v) is 8.26. The van der Waals surface area contributed by atoms with Crippen LogP contribution < -0.4 is 14.3 Å². The smallest absolute Gasteiger partial charge is 0.326 e. The number of aromatic hydroxyl groups is 1. The first-order valence-corrected chi connectivity index (χ1v) is 9.95. The van der Waals surface area contributed by atoms with Gasteiger partial charge < -0.3 is 15.3 Å². The molecule has 1 atom stereocenters. The summed E-state index contributed by atoms with van der Waals surface area (Å²) < 4.78 is 40.4. The Kier molecular flexibility index (Phi) is 5.24. The Bertz CT molecular complexity index is 853. The maximum atomic E-state index is 14.5. The number of phenols is 1. The molecule has 9 nitrogen and oxygen atoms in total. The number of amides is 2. The van der Waals surface area contributed by atoms with Gasteiger partial charge in [0.15, 0.2) is 5.82 Å². The molecular formula is C16H21FN4O5S. The predicted molar refractivity (Wildman–Crippen MR) is 94.6 cm³/mol. The van der Waals surface area contributed by atoms with E-state index in [0.29, 0.717) is 23.0 Å². The summed E-state index contributed by atoms with van der Waals surface area (Å²) in [5, 5.41) is 13.4. The Morgan fingerprint density at radius 2 is 2.19 bits per heavy atom. The summed E-state index contributed by atoms with van der Waals surface area (Å²) in [7, 11) is -4.21. The van der Waals surface area contributed by atoms with Crippen LogP contribution in [0.15, 0.2) is 12.1 Å². The van der Waals surface area contributed by atoms with Crippen molar-refractivity contribution in [1.29, 1.82) is 0 Å². The normalized spacial score (nSPS) is 22.0. The molecule has 2 aliphatic heterocycles. The molecule has 2 heterocycles.